The Balaban J connectivity index is 2.24. The molecule has 0 bridgehead atoms. The second kappa shape index (κ2) is 7.02. The Morgan fingerprint density at radius 1 is 1.33 bits per heavy atom. The summed E-state index contributed by atoms with van der Waals surface area (Å²) in [6.07, 6.45) is 5.16. The lowest BCUT2D eigenvalue weighted by atomic mass is 9.99. The number of thiophene rings is 1. The van der Waals surface area contributed by atoms with Crippen LogP contribution < -0.4 is 5.32 Å². The number of likely N-dealkylation sites (N-methyl/N-ethyl adjacent to an activating group) is 1. The van der Waals surface area contributed by atoms with E-state index in [1.807, 2.05) is 0 Å². The van der Waals surface area contributed by atoms with E-state index in [-0.39, 0.29) is 0 Å². The van der Waals surface area contributed by atoms with E-state index >= 15 is 0 Å². The van der Waals surface area contributed by atoms with Gasteiger partial charge in [-0.05, 0) is 48.2 Å². The highest BCUT2D eigenvalue weighted by molar-refractivity contribution is 7.07. The monoisotopic (exact) mass is 225 g/mol. The van der Waals surface area contributed by atoms with Crippen LogP contribution in [0.25, 0.3) is 0 Å². The van der Waals surface area contributed by atoms with Gasteiger partial charge in [-0.25, -0.2) is 0 Å². The number of hydrogen-bond donors (Lipinski definition) is 1. The molecule has 0 saturated heterocycles. The van der Waals surface area contributed by atoms with Gasteiger partial charge in [0.05, 0.1) is 0 Å². The van der Waals surface area contributed by atoms with Gasteiger partial charge in [0.15, 0.2) is 0 Å². The molecular weight excluding hydrogens is 202 g/mol. The highest BCUT2D eigenvalue weighted by Gasteiger charge is 2.07. The fourth-order valence-corrected chi connectivity index (χ4v) is 2.50. The first kappa shape index (κ1) is 12.7. The maximum Gasteiger partial charge on any atom is 0.0105 e. The van der Waals surface area contributed by atoms with E-state index in [4.69, 9.17) is 0 Å². The molecule has 1 rings (SSSR count). The molecule has 15 heavy (non-hydrogen) atoms. The quantitative estimate of drug-likeness (QED) is 0.746. The molecule has 0 saturated carbocycles. The SMILES string of the molecule is CNC(CCCC(C)C)Cc1ccsc1. The van der Waals surface area contributed by atoms with Crippen molar-refractivity contribution in [3.63, 3.8) is 0 Å². The third kappa shape index (κ3) is 5.33. The molecule has 1 nitrogen and oxygen atoms in total. The standard InChI is InChI=1S/C13H23NS/c1-11(2)5-4-6-13(14-3)9-12-7-8-15-10-12/h7-8,10-11,13-14H,4-6,9H2,1-3H3. The Bertz CT molecular complexity index is 241. The molecule has 0 aromatic carbocycles. The van der Waals surface area contributed by atoms with Crippen molar-refractivity contribution >= 4 is 11.3 Å². The van der Waals surface area contributed by atoms with E-state index in [0.717, 1.165) is 5.92 Å². The Hall–Kier alpha value is -0.340. The van der Waals surface area contributed by atoms with Crippen LogP contribution >= 0.6 is 11.3 Å². The minimum atomic E-state index is 0.651. The molecule has 1 aromatic heterocycles. The second-order valence-electron chi connectivity index (χ2n) is 4.65. The molecule has 1 unspecified atom stereocenters. The molecular formula is C13H23NS. The molecule has 0 amide bonds. The second-order valence-corrected chi connectivity index (χ2v) is 5.43. The van der Waals surface area contributed by atoms with E-state index in [1.54, 1.807) is 11.3 Å². The van der Waals surface area contributed by atoms with Crippen molar-refractivity contribution in [2.75, 3.05) is 7.05 Å². The predicted molar refractivity (Wildman–Crippen MR) is 69.6 cm³/mol. The molecule has 0 radical (unpaired) electrons. The summed E-state index contributed by atoms with van der Waals surface area (Å²) >= 11 is 1.79. The van der Waals surface area contributed by atoms with E-state index < -0.39 is 0 Å². The highest BCUT2D eigenvalue weighted by Crippen LogP contribution is 2.13. The van der Waals surface area contributed by atoms with E-state index in [0.29, 0.717) is 6.04 Å². The minimum absolute atomic E-state index is 0.651. The highest BCUT2D eigenvalue weighted by atomic mass is 32.1. The summed E-state index contributed by atoms with van der Waals surface area (Å²) in [5.41, 5.74) is 1.48. The van der Waals surface area contributed by atoms with Crippen LogP contribution in [0.2, 0.25) is 0 Å². The van der Waals surface area contributed by atoms with Crippen LogP contribution in [-0.2, 0) is 6.42 Å². The molecule has 1 atom stereocenters. The first-order valence-corrected chi connectivity index (χ1v) is 6.85. The van der Waals surface area contributed by atoms with E-state index in [1.165, 1.54) is 31.2 Å². The van der Waals surface area contributed by atoms with Crippen LogP contribution in [0.4, 0.5) is 0 Å². The molecule has 0 fully saturated rings. The van der Waals surface area contributed by atoms with Crippen LogP contribution in [0.15, 0.2) is 16.8 Å². The topological polar surface area (TPSA) is 12.0 Å². The predicted octanol–water partition coefficient (Wildman–Crippen LogP) is 3.70. The van der Waals surface area contributed by atoms with Crippen molar-refractivity contribution in [3.8, 4) is 0 Å². The van der Waals surface area contributed by atoms with E-state index in [2.05, 4.69) is 43.0 Å². The number of rotatable bonds is 7. The fraction of sp³-hybridized carbons (Fsp3) is 0.692. The van der Waals surface area contributed by atoms with Gasteiger partial charge in [0.1, 0.15) is 0 Å². The minimum Gasteiger partial charge on any atom is -0.317 e. The van der Waals surface area contributed by atoms with Crippen LogP contribution in [0.3, 0.4) is 0 Å². The molecule has 1 aromatic rings. The Kier molecular flexibility index (Phi) is 5.96. The Morgan fingerprint density at radius 2 is 2.13 bits per heavy atom. The number of hydrogen-bond acceptors (Lipinski definition) is 2. The summed E-state index contributed by atoms with van der Waals surface area (Å²) in [5.74, 6) is 0.837. The average molecular weight is 225 g/mol. The van der Waals surface area contributed by atoms with Gasteiger partial charge < -0.3 is 5.32 Å². The molecule has 0 spiro atoms. The zero-order valence-corrected chi connectivity index (χ0v) is 10.9. The van der Waals surface area contributed by atoms with Gasteiger partial charge in [0.2, 0.25) is 0 Å². The van der Waals surface area contributed by atoms with Gasteiger partial charge in [-0.2, -0.15) is 11.3 Å². The third-order valence-corrected chi connectivity index (χ3v) is 3.54. The smallest absolute Gasteiger partial charge is 0.0105 e. The van der Waals surface area contributed by atoms with Crippen molar-refractivity contribution < 1.29 is 0 Å². The number of nitrogens with one attached hydrogen (secondary N) is 1. The van der Waals surface area contributed by atoms with Crippen LogP contribution in [0.1, 0.15) is 38.7 Å². The zero-order valence-electron chi connectivity index (χ0n) is 10.1. The van der Waals surface area contributed by atoms with Crippen molar-refractivity contribution in [2.24, 2.45) is 5.92 Å². The third-order valence-electron chi connectivity index (χ3n) is 2.80. The normalized spacial score (nSPS) is 13.3. The molecule has 86 valence electrons. The Morgan fingerprint density at radius 3 is 2.67 bits per heavy atom. The van der Waals surface area contributed by atoms with Crippen LogP contribution in [0.5, 0.6) is 0 Å². The van der Waals surface area contributed by atoms with Crippen molar-refractivity contribution in [2.45, 2.75) is 45.6 Å². The van der Waals surface area contributed by atoms with Gasteiger partial charge >= 0.3 is 0 Å². The molecule has 0 aliphatic heterocycles. The molecule has 0 aliphatic rings. The zero-order chi connectivity index (χ0) is 11.1. The maximum atomic E-state index is 3.42. The van der Waals surface area contributed by atoms with Gasteiger partial charge in [0, 0.05) is 6.04 Å². The summed E-state index contributed by atoms with van der Waals surface area (Å²) in [5, 5.41) is 7.84. The van der Waals surface area contributed by atoms with Crippen molar-refractivity contribution in [3.05, 3.63) is 22.4 Å². The molecule has 1 N–H and O–H groups in total. The summed E-state index contributed by atoms with van der Waals surface area (Å²) < 4.78 is 0. The molecule has 1 heterocycles. The lowest BCUT2D eigenvalue weighted by Crippen LogP contribution is -2.27. The average Bonchev–Trinajstić information content (AvgIpc) is 2.68. The van der Waals surface area contributed by atoms with Crippen LogP contribution in [0, 0.1) is 5.92 Å². The largest absolute Gasteiger partial charge is 0.317 e. The Labute approximate surface area is 97.9 Å². The lowest BCUT2D eigenvalue weighted by molar-refractivity contribution is 0.458. The fourth-order valence-electron chi connectivity index (χ4n) is 1.81. The molecule has 0 aliphatic carbocycles. The van der Waals surface area contributed by atoms with Crippen molar-refractivity contribution in [1.29, 1.82) is 0 Å². The molecule has 2 heteroatoms. The van der Waals surface area contributed by atoms with Gasteiger partial charge in [-0.3, -0.25) is 0 Å². The van der Waals surface area contributed by atoms with Crippen LogP contribution in [-0.4, -0.2) is 13.1 Å². The first-order chi connectivity index (χ1) is 7.22. The van der Waals surface area contributed by atoms with Gasteiger partial charge in [0.25, 0.3) is 0 Å². The summed E-state index contributed by atoms with van der Waals surface area (Å²) in [6.45, 7) is 4.60. The maximum absolute atomic E-state index is 3.42. The van der Waals surface area contributed by atoms with Gasteiger partial charge in [-0.15, -0.1) is 0 Å². The lowest BCUT2D eigenvalue weighted by Gasteiger charge is -2.15. The summed E-state index contributed by atoms with van der Waals surface area (Å²) in [4.78, 5) is 0. The first-order valence-electron chi connectivity index (χ1n) is 5.90. The van der Waals surface area contributed by atoms with Gasteiger partial charge in [-0.1, -0.05) is 26.7 Å². The van der Waals surface area contributed by atoms with E-state index in [9.17, 15) is 0 Å². The summed E-state index contributed by atoms with van der Waals surface area (Å²) in [6, 6.07) is 2.88. The summed E-state index contributed by atoms with van der Waals surface area (Å²) in [7, 11) is 2.08. The van der Waals surface area contributed by atoms with Crippen molar-refractivity contribution in [1.82, 2.24) is 5.32 Å².